The van der Waals surface area contributed by atoms with Gasteiger partial charge in [0, 0.05) is 12.3 Å². The molecule has 0 aromatic carbocycles. The highest BCUT2D eigenvalue weighted by atomic mass is 35.5. The SMILES string of the molecule is CCn1ncc(Cl)c1C(CSC(C)C)NN. The fourth-order valence-corrected chi connectivity index (χ4v) is 2.57. The van der Waals surface area contributed by atoms with Crippen molar-refractivity contribution in [3.05, 3.63) is 16.9 Å². The molecule has 0 aliphatic heterocycles. The molecule has 1 unspecified atom stereocenters. The van der Waals surface area contributed by atoms with E-state index in [0.29, 0.717) is 10.3 Å². The first kappa shape index (κ1) is 13.8. The predicted molar refractivity (Wildman–Crippen MR) is 70.6 cm³/mol. The van der Waals surface area contributed by atoms with Gasteiger partial charge < -0.3 is 0 Å². The number of hydrazine groups is 1. The average molecular weight is 263 g/mol. The largest absolute Gasteiger partial charge is 0.271 e. The topological polar surface area (TPSA) is 55.9 Å². The molecule has 3 N–H and O–H groups in total. The van der Waals surface area contributed by atoms with Gasteiger partial charge in [0.25, 0.3) is 0 Å². The molecule has 1 rings (SSSR count). The zero-order valence-corrected chi connectivity index (χ0v) is 11.5. The smallest absolute Gasteiger partial charge is 0.0834 e. The monoisotopic (exact) mass is 262 g/mol. The van der Waals surface area contributed by atoms with Crippen molar-refractivity contribution in [1.29, 1.82) is 0 Å². The van der Waals surface area contributed by atoms with Crippen molar-refractivity contribution >= 4 is 23.4 Å². The lowest BCUT2D eigenvalue weighted by atomic mass is 10.2. The molecule has 16 heavy (non-hydrogen) atoms. The lowest BCUT2D eigenvalue weighted by Gasteiger charge is -2.18. The average Bonchev–Trinajstić information content (AvgIpc) is 2.61. The minimum absolute atomic E-state index is 0.0438. The van der Waals surface area contributed by atoms with Gasteiger partial charge in [-0.2, -0.15) is 16.9 Å². The van der Waals surface area contributed by atoms with Gasteiger partial charge in [-0.05, 0) is 12.2 Å². The molecule has 0 aliphatic rings. The van der Waals surface area contributed by atoms with Gasteiger partial charge in [0.2, 0.25) is 0 Å². The fraction of sp³-hybridized carbons (Fsp3) is 0.700. The van der Waals surface area contributed by atoms with Gasteiger partial charge in [0.05, 0.1) is 23.0 Å². The molecule has 0 bridgehead atoms. The molecule has 4 nitrogen and oxygen atoms in total. The van der Waals surface area contributed by atoms with Crippen LogP contribution in [0.1, 0.15) is 32.5 Å². The Morgan fingerprint density at radius 3 is 2.81 bits per heavy atom. The zero-order chi connectivity index (χ0) is 12.1. The second-order valence-corrected chi connectivity index (χ2v) is 5.81. The summed E-state index contributed by atoms with van der Waals surface area (Å²) in [6.45, 7) is 7.16. The molecule has 0 spiro atoms. The minimum atomic E-state index is 0.0438. The standard InChI is InChI=1S/C10H19ClN4S/c1-4-15-10(8(11)5-13-15)9(14-12)6-16-7(2)3/h5,7,9,14H,4,6,12H2,1-3H3. The Kier molecular flexibility index (Phi) is 5.61. The quantitative estimate of drug-likeness (QED) is 0.610. The Morgan fingerprint density at radius 1 is 1.62 bits per heavy atom. The number of thioether (sulfide) groups is 1. The minimum Gasteiger partial charge on any atom is -0.271 e. The molecule has 0 aliphatic carbocycles. The van der Waals surface area contributed by atoms with Crippen molar-refractivity contribution in [2.24, 2.45) is 5.84 Å². The first-order valence-electron chi connectivity index (χ1n) is 5.39. The maximum absolute atomic E-state index is 6.12. The zero-order valence-electron chi connectivity index (χ0n) is 9.90. The van der Waals surface area contributed by atoms with Gasteiger partial charge in [-0.3, -0.25) is 16.0 Å². The van der Waals surface area contributed by atoms with Gasteiger partial charge in [0.15, 0.2) is 0 Å². The maximum atomic E-state index is 6.12. The Bertz CT molecular complexity index is 327. The van der Waals surface area contributed by atoms with Crippen LogP contribution in [0.25, 0.3) is 0 Å². The van der Waals surface area contributed by atoms with Gasteiger partial charge in [-0.15, -0.1) is 0 Å². The Balaban J connectivity index is 2.81. The molecule has 0 saturated carbocycles. The highest BCUT2D eigenvalue weighted by Crippen LogP contribution is 2.26. The molecule has 0 saturated heterocycles. The summed E-state index contributed by atoms with van der Waals surface area (Å²) in [5, 5.41) is 5.46. The van der Waals surface area contributed by atoms with Crippen LogP contribution < -0.4 is 11.3 Å². The number of hydrogen-bond acceptors (Lipinski definition) is 4. The third kappa shape index (κ3) is 3.38. The van der Waals surface area contributed by atoms with E-state index in [2.05, 4.69) is 24.4 Å². The molecule has 1 atom stereocenters. The molecular weight excluding hydrogens is 244 g/mol. The second-order valence-electron chi connectivity index (χ2n) is 3.79. The van der Waals surface area contributed by atoms with E-state index in [4.69, 9.17) is 17.4 Å². The lowest BCUT2D eigenvalue weighted by molar-refractivity contribution is 0.527. The second kappa shape index (κ2) is 6.49. The van der Waals surface area contributed by atoms with Crippen LogP contribution in [0.3, 0.4) is 0 Å². The maximum Gasteiger partial charge on any atom is 0.0834 e. The summed E-state index contributed by atoms with van der Waals surface area (Å²) in [5.41, 5.74) is 3.78. The van der Waals surface area contributed by atoms with Crippen molar-refractivity contribution < 1.29 is 0 Å². The molecule has 1 heterocycles. The summed E-state index contributed by atoms with van der Waals surface area (Å²) < 4.78 is 1.88. The molecule has 1 aromatic heterocycles. The molecule has 0 radical (unpaired) electrons. The van der Waals surface area contributed by atoms with Crippen LogP contribution in [0, 0.1) is 0 Å². The van der Waals surface area contributed by atoms with E-state index in [0.717, 1.165) is 18.0 Å². The predicted octanol–water partition coefficient (Wildman–Crippen LogP) is 2.20. The third-order valence-electron chi connectivity index (χ3n) is 2.26. The van der Waals surface area contributed by atoms with Crippen LogP contribution >= 0.6 is 23.4 Å². The highest BCUT2D eigenvalue weighted by Gasteiger charge is 2.19. The summed E-state index contributed by atoms with van der Waals surface area (Å²) in [6, 6.07) is 0.0438. The summed E-state index contributed by atoms with van der Waals surface area (Å²) >= 11 is 7.97. The van der Waals surface area contributed by atoms with Gasteiger partial charge in [-0.25, -0.2) is 0 Å². The van der Waals surface area contributed by atoms with Crippen molar-refractivity contribution in [2.75, 3.05) is 5.75 Å². The van der Waals surface area contributed by atoms with Crippen LogP contribution in [0.5, 0.6) is 0 Å². The number of nitrogens with zero attached hydrogens (tertiary/aromatic N) is 2. The van der Waals surface area contributed by atoms with Crippen LogP contribution in [0.4, 0.5) is 0 Å². The molecule has 6 heteroatoms. The van der Waals surface area contributed by atoms with Crippen LogP contribution in [-0.2, 0) is 6.54 Å². The van der Waals surface area contributed by atoms with E-state index in [9.17, 15) is 0 Å². The van der Waals surface area contributed by atoms with E-state index in [1.807, 2.05) is 23.4 Å². The fourth-order valence-electron chi connectivity index (χ4n) is 1.46. The number of hydrogen-bond donors (Lipinski definition) is 2. The van der Waals surface area contributed by atoms with Crippen molar-refractivity contribution in [3.63, 3.8) is 0 Å². The first-order valence-corrected chi connectivity index (χ1v) is 6.81. The third-order valence-corrected chi connectivity index (χ3v) is 3.74. The Hall–Kier alpha value is -0.230. The summed E-state index contributed by atoms with van der Waals surface area (Å²) in [4.78, 5) is 0. The molecule has 92 valence electrons. The molecule has 0 amide bonds. The van der Waals surface area contributed by atoms with E-state index >= 15 is 0 Å². The van der Waals surface area contributed by atoms with Crippen molar-refractivity contribution in [3.8, 4) is 0 Å². The number of aryl methyl sites for hydroxylation is 1. The molecule has 1 aromatic rings. The first-order chi connectivity index (χ1) is 7.60. The lowest BCUT2D eigenvalue weighted by Crippen LogP contribution is -2.32. The van der Waals surface area contributed by atoms with Crippen molar-refractivity contribution in [2.45, 2.75) is 38.6 Å². The van der Waals surface area contributed by atoms with E-state index in [1.54, 1.807) is 6.20 Å². The number of nitrogens with two attached hydrogens (primary N) is 1. The molecular formula is C10H19ClN4S. The molecule has 0 fully saturated rings. The van der Waals surface area contributed by atoms with Gasteiger partial charge in [-0.1, -0.05) is 25.4 Å². The summed E-state index contributed by atoms with van der Waals surface area (Å²) in [6.07, 6.45) is 1.67. The number of rotatable bonds is 6. The normalized spacial score (nSPS) is 13.4. The van der Waals surface area contributed by atoms with Gasteiger partial charge in [0.1, 0.15) is 0 Å². The van der Waals surface area contributed by atoms with E-state index in [1.165, 1.54) is 0 Å². The Labute approximate surface area is 106 Å². The number of halogens is 1. The van der Waals surface area contributed by atoms with E-state index < -0.39 is 0 Å². The van der Waals surface area contributed by atoms with Crippen LogP contribution in [-0.4, -0.2) is 20.8 Å². The van der Waals surface area contributed by atoms with Crippen LogP contribution in [0.15, 0.2) is 6.20 Å². The van der Waals surface area contributed by atoms with Crippen molar-refractivity contribution in [1.82, 2.24) is 15.2 Å². The van der Waals surface area contributed by atoms with E-state index in [-0.39, 0.29) is 6.04 Å². The Morgan fingerprint density at radius 2 is 2.31 bits per heavy atom. The highest BCUT2D eigenvalue weighted by molar-refractivity contribution is 7.99. The summed E-state index contributed by atoms with van der Waals surface area (Å²) in [7, 11) is 0. The summed E-state index contributed by atoms with van der Waals surface area (Å²) in [5.74, 6) is 6.47. The van der Waals surface area contributed by atoms with Gasteiger partial charge >= 0.3 is 0 Å². The van der Waals surface area contributed by atoms with Crippen LogP contribution in [0.2, 0.25) is 5.02 Å². The number of nitrogens with one attached hydrogen (secondary N) is 1. The number of aromatic nitrogens is 2.